The first-order valence-electron chi connectivity index (χ1n) is 6.60. The highest BCUT2D eigenvalue weighted by molar-refractivity contribution is 6.31. The molecule has 1 heterocycles. The average Bonchev–Trinajstić information content (AvgIpc) is 2.67. The van der Waals surface area contributed by atoms with E-state index in [0.717, 1.165) is 11.3 Å². The number of hydrogen-bond acceptors (Lipinski definition) is 2. The van der Waals surface area contributed by atoms with E-state index in [9.17, 15) is 4.79 Å². The third-order valence-corrected chi connectivity index (χ3v) is 4.09. The fourth-order valence-electron chi connectivity index (χ4n) is 2.90. The lowest BCUT2D eigenvalue weighted by atomic mass is 9.94. The summed E-state index contributed by atoms with van der Waals surface area (Å²) in [6.07, 6.45) is 6.17. The summed E-state index contributed by atoms with van der Waals surface area (Å²) in [5, 5.41) is 7.07. The summed E-state index contributed by atoms with van der Waals surface area (Å²) in [6, 6.07) is 5.79. The highest BCUT2D eigenvalue weighted by Crippen LogP contribution is 2.34. The predicted molar refractivity (Wildman–Crippen MR) is 72.8 cm³/mol. The number of anilines is 1. The maximum Gasteiger partial charge on any atom is 0.246 e. The number of fused-ring (bicyclic) bond motifs is 1. The molecule has 96 valence electrons. The third kappa shape index (κ3) is 2.25. The summed E-state index contributed by atoms with van der Waals surface area (Å²) in [5.74, 6) is 0.0397. The van der Waals surface area contributed by atoms with Crippen LogP contribution in [0.1, 0.15) is 43.7 Å². The molecule has 3 rings (SSSR count). The van der Waals surface area contributed by atoms with Crippen LogP contribution in [0.3, 0.4) is 0 Å². The summed E-state index contributed by atoms with van der Waals surface area (Å²) >= 11 is 6.01. The molecule has 0 bridgehead atoms. The number of amides is 1. The van der Waals surface area contributed by atoms with Crippen LogP contribution in [0.15, 0.2) is 18.2 Å². The fraction of sp³-hybridized carbons (Fsp3) is 0.500. The van der Waals surface area contributed by atoms with Crippen molar-refractivity contribution in [1.29, 1.82) is 0 Å². The Labute approximate surface area is 112 Å². The standard InChI is InChI=1S/C14H17ClN2O/c15-9-6-7-12-11(8-9)13(14(18)17-12)16-10-4-2-1-3-5-10/h6-8,10,13,16H,1-5H2,(H,17,18). The number of rotatable bonds is 2. The zero-order valence-corrected chi connectivity index (χ0v) is 11.0. The minimum atomic E-state index is -0.234. The molecule has 0 radical (unpaired) electrons. The zero-order chi connectivity index (χ0) is 12.5. The van der Waals surface area contributed by atoms with Crippen LogP contribution in [0.25, 0.3) is 0 Å². The minimum Gasteiger partial charge on any atom is -0.324 e. The second kappa shape index (κ2) is 4.90. The van der Waals surface area contributed by atoms with Crippen LogP contribution in [0, 0.1) is 0 Å². The first-order chi connectivity index (χ1) is 8.74. The quantitative estimate of drug-likeness (QED) is 0.861. The van der Waals surface area contributed by atoms with Gasteiger partial charge in [0.1, 0.15) is 6.04 Å². The van der Waals surface area contributed by atoms with Gasteiger partial charge in [0.15, 0.2) is 0 Å². The molecule has 1 amide bonds. The molecule has 18 heavy (non-hydrogen) atoms. The second-order valence-corrected chi connectivity index (χ2v) is 5.59. The van der Waals surface area contributed by atoms with Crippen molar-refractivity contribution in [2.75, 3.05) is 5.32 Å². The van der Waals surface area contributed by atoms with Crippen molar-refractivity contribution in [2.24, 2.45) is 0 Å². The van der Waals surface area contributed by atoms with Crippen molar-refractivity contribution in [1.82, 2.24) is 5.32 Å². The van der Waals surface area contributed by atoms with Gasteiger partial charge >= 0.3 is 0 Å². The van der Waals surface area contributed by atoms with E-state index < -0.39 is 0 Å². The Hall–Kier alpha value is -1.06. The monoisotopic (exact) mass is 264 g/mol. The van der Waals surface area contributed by atoms with Gasteiger partial charge in [-0.3, -0.25) is 10.1 Å². The maximum atomic E-state index is 12.0. The van der Waals surface area contributed by atoms with E-state index in [-0.39, 0.29) is 11.9 Å². The van der Waals surface area contributed by atoms with Crippen LogP contribution in [-0.4, -0.2) is 11.9 Å². The molecule has 4 heteroatoms. The second-order valence-electron chi connectivity index (χ2n) is 5.16. The lowest BCUT2D eigenvalue weighted by molar-refractivity contribution is -0.117. The SMILES string of the molecule is O=C1Nc2ccc(Cl)cc2C1NC1CCCCC1. The number of carbonyl (C=O) groups excluding carboxylic acids is 1. The van der Waals surface area contributed by atoms with Crippen molar-refractivity contribution in [3.05, 3.63) is 28.8 Å². The normalized spacial score (nSPS) is 23.8. The first-order valence-corrected chi connectivity index (χ1v) is 6.98. The Morgan fingerprint density at radius 3 is 2.78 bits per heavy atom. The molecule has 1 atom stereocenters. The van der Waals surface area contributed by atoms with Crippen LogP contribution in [0.4, 0.5) is 5.69 Å². The largest absolute Gasteiger partial charge is 0.324 e. The fourth-order valence-corrected chi connectivity index (χ4v) is 3.08. The summed E-state index contributed by atoms with van der Waals surface area (Å²) in [7, 11) is 0. The van der Waals surface area contributed by atoms with Gasteiger partial charge in [0, 0.05) is 22.3 Å². The van der Waals surface area contributed by atoms with Crippen LogP contribution in [0.5, 0.6) is 0 Å². The Kier molecular flexibility index (Phi) is 3.27. The van der Waals surface area contributed by atoms with Crippen molar-refractivity contribution < 1.29 is 4.79 Å². The van der Waals surface area contributed by atoms with E-state index in [4.69, 9.17) is 11.6 Å². The van der Waals surface area contributed by atoms with E-state index >= 15 is 0 Å². The Balaban J connectivity index is 1.80. The summed E-state index contributed by atoms with van der Waals surface area (Å²) in [6.45, 7) is 0. The van der Waals surface area contributed by atoms with E-state index in [1.54, 1.807) is 0 Å². The van der Waals surface area contributed by atoms with E-state index in [1.807, 2.05) is 18.2 Å². The van der Waals surface area contributed by atoms with Crippen molar-refractivity contribution in [3.8, 4) is 0 Å². The summed E-state index contributed by atoms with van der Waals surface area (Å²) < 4.78 is 0. The minimum absolute atomic E-state index is 0.0397. The lowest BCUT2D eigenvalue weighted by Crippen LogP contribution is -2.37. The van der Waals surface area contributed by atoms with Gasteiger partial charge in [0.2, 0.25) is 5.91 Å². The van der Waals surface area contributed by atoms with Gasteiger partial charge in [-0.15, -0.1) is 0 Å². The van der Waals surface area contributed by atoms with Crippen LogP contribution in [-0.2, 0) is 4.79 Å². The number of hydrogen-bond donors (Lipinski definition) is 2. The Morgan fingerprint density at radius 1 is 1.22 bits per heavy atom. The molecule has 1 unspecified atom stereocenters. The highest BCUT2D eigenvalue weighted by Gasteiger charge is 2.32. The van der Waals surface area contributed by atoms with Crippen molar-refractivity contribution >= 4 is 23.2 Å². The van der Waals surface area contributed by atoms with Gasteiger partial charge in [-0.05, 0) is 31.0 Å². The summed E-state index contributed by atoms with van der Waals surface area (Å²) in [5.41, 5.74) is 1.87. The number of benzene rings is 1. The zero-order valence-electron chi connectivity index (χ0n) is 10.2. The van der Waals surface area contributed by atoms with Gasteiger partial charge in [0.25, 0.3) is 0 Å². The van der Waals surface area contributed by atoms with Crippen LogP contribution < -0.4 is 10.6 Å². The molecule has 2 aliphatic rings. The molecule has 0 spiro atoms. The molecule has 2 N–H and O–H groups in total. The molecule has 1 aliphatic heterocycles. The van der Waals surface area contributed by atoms with E-state index in [1.165, 1.54) is 32.1 Å². The van der Waals surface area contributed by atoms with Gasteiger partial charge in [-0.25, -0.2) is 0 Å². The molecule has 3 nitrogen and oxygen atoms in total. The van der Waals surface area contributed by atoms with E-state index in [0.29, 0.717) is 11.1 Å². The Morgan fingerprint density at radius 2 is 2.00 bits per heavy atom. The van der Waals surface area contributed by atoms with E-state index in [2.05, 4.69) is 10.6 Å². The molecule has 0 saturated heterocycles. The van der Waals surface area contributed by atoms with Crippen LogP contribution in [0.2, 0.25) is 5.02 Å². The Bertz CT molecular complexity index is 469. The van der Waals surface area contributed by atoms with Crippen molar-refractivity contribution in [3.63, 3.8) is 0 Å². The third-order valence-electron chi connectivity index (χ3n) is 3.85. The summed E-state index contributed by atoms with van der Waals surface area (Å²) in [4.78, 5) is 12.0. The molecular weight excluding hydrogens is 248 g/mol. The van der Waals surface area contributed by atoms with Gasteiger partial charge in [-0.2, -0.15) is 0 Å². The predicted octanol–water partition coefficient (Wildman–Crippen LogP) is 3.26. The topological polar surface area (TPSA) is 41.1 Å². The number of nitrogens with one attached hydrogen (secondary N) is 2. The van der Waals surface area contributed by atoms with Crippen molar-refractivity contribution in [2.45, 2.75) is 44.2 Å². The van der Waals surface area contributed by atoms with Gasteiger partial charge < -0.3 is 5.32 Å². The highest BCUT2D eigenvalue weighted by atomic mass is 35.5. The maximum absolute atomic E-state index is 12.0. The van der Waals surface area contributed by atoms with Gasteiger partial charge in [-0.1, -0.05) is 30.9 Å². The first kappa shape index (κ1) is 12.0. The van der Waals surface area contributed by atoms with Crippen LogP contribution >= 0.6 is 11.6 Å². The average molecular weight is 265 g/mol. The molecule has 1 aromatic rings. The molecule has 1 aromatic carbocycles. The molecular formula is C14H17ClN2O. The molecule has 1 fully saturated rings. The number of carbonyl (C=O) groups is 1. The smallest absolute Gasteiger partial charge is 0.246 e. The lowest BCUT2D eigenvalue weighted by Gasteiger charge is -2.25. The molecule has 0 aromatic heterocycles. The molecule has 1 aliphatic carbocycles. The molecule has 1 saturated carbocycles. The van der Waals surface area contributed by atoms with Gasteiger partial charge in [0.05, 0.1) is 0 Å². The number of halogens is 1.